The summed E-state index contributed by atoms with van der Waals surface area (Å²) >= 11 is 0. The molecule has 2 heteroatoms. The van der Waals surface area contributed by atoms with Crippen LogP contribution in [0.4, 0.5) is 0 Å². The third kappa shape index (κ3) is 5.75. The standard InChI is InChI=1S/C24H27NO/c1-20(18-21-10-4-2-5-11-21)25-16-17-26-24-15-9-8-14-23(24)19-22-12-6-3-7-13-22/h2-15,20,25H,16-19H2,1H3. The van der Waals surface area contributed by atoms with E-state index in [1.807, 2.05) is 12.1 Å². The molecule has 0 aliphatic rings. The maximum Gasteiger partial charge on any atom is 0.122 e. The summed E-state index contributed by atoms with van der Waals surface area (Å²) in [5, 5.41) is 3.55. The number of benzene rings is 3. The van der Waals surface area contributed by atoms with Crippen molar-refractivity contribution in [2.45, 2.75) is 25.8 Å². The number of para-hydroxylation sites is 1. The molecule has 134 valence electrons. The highest BCUT2D eigenvalue weighted by Gasteiger charge is 2.05. The van der Waals surface area contributed by atoms with E-state index in [2.05, 4.69) is 85.0 Å². The molecule has 0 saturated heterocycles. The normalized spacial score (nSPS) is 11.9. The molecule has 0 radical (unpaired) electrons. The summed E-state index contributed by atoms with van der Waals surface area (Å²) in [6.45, 7) is 3.73. The van der Waals surface area contributed by atoms with Crippen LogP contribution in [-0.4, -0.2) is 19.2 Å². The first-order valence-electron chi connectivity index (χ1n) is 9.33. The Morgan fingerprint density at radius 1 is 0.769 bits per heavy atom. The average molecular weight is 345 g/mol. The highest BCUT2D eigenvalue weighted by Crippen LogP contribution is 2.21. The van der Waals surface area contributed by atoms with Gasteiger partial charge in [-0.3, -0.25) is 0 Å². The molecule has 26 heavy (non-hydrogen) atoms. The van der Waals surface area contributed by atoms with Crippen LogP contribution in [0, 0.1) is 0 Å². The fourth-order valence-electron chi connectivity index (χ4n) is 3.11. The van der Waals surface area contributed by atoms with Crippen LogP contribution in [0.15, 0.2) is 84.9 Å². The molecule has 0 aliphatic heterocycles. The van der Waals surface area contributed by atoms with Gasteiger partial charge in [0.2, 0.25) is 0 Å². The highest BCUT2D eigenvalue weighted by molar-refractivity contribution is 5.37. The average Bonchev–Trinajstić information content (AvgIpc) is 2.68. The topological polar surface area (TPSA) is 21.3 Å². The molecule has 1 unspecified atom stereocenters. The Balaban J connectivity index is 1.46. The molecule has 0 saturated carbocycles. The Hall–Kier alpha value is -2.58. The first-order chi connectivity index (χ1) is 12.8. The van der Waals surface area contributed by atoms with Crippen molar-refractivity contribution in [2.24, 2.45) is 0 Å². The van der Waals surface area contributed by atoms with E-state index in [0.717, 1.165) is 25.1 Å². The lowest BCUT2D eigenvalue weighted by Crippen LogP contribution is -2.31. The predicted molar refractivity (Wildman–Crippen MR) is 109 cm³/mol. The van der Waals surface area contributed by atoms with E-state index in [1.54, 1.807) is 0 Å². The second kappa shape index (κ2) is 9.79. The zero-order chi connectivity index (χ0) is 18.0. The first kappa shape index (κ1) is 18.2. The van der Waals surface area contributed by atoms with Crippen LogP contribution >= 0.6 is 0 Å². The second-order valence-corrected chi connectivity index (χ2v) is 6.66. The van der Waals surface area contributed by atoms with Gasteiger partial charge < -0.3 is 10.1 Å². The Bertz CT molecular complexity index is 770. The lowest BCUT2D eigenvalue weighted by molar-refractivity contribution is 0.304. The van der Waals surface area contributed by atoms with Gasteiger partial charge in [0.15, 0.2) is 0 Å². The third-order valence-electron chi connectivity index (χ3n) is 4.45. The van der Waals surface area contributed by atoms with Crippen molar-refractivity contribution in [3.05, 3.63) is 102 Å². The van der Waals surface area contributed by atoms with Gasteiger partial charge in [-0.15, -0.1) is 0 Å². The van der Waals surface area contributed by atoms with Crippen LogP contribution < -0.4 is 10.1 Å². The van der Waals surface area contributed by atoms with Crippen LogP contribution in [-0.2, 0) is 12.8 Å². The largest absolute Gasteiger partial charge is 0.492 e. The van der Waals surface area contributed by atoms with Crippen LogP contribution in [0.5, 0.6) is 5.75 Å². The van der Waals surface area contributed by atoms with Gasteiger partial charge in [-0.25, -0.2) is 0 Å². The monoisotopic (exact) mass is 345 g/mol. The summed E-state index contributed by atoms with van der Waals surface area (Å²) in [4.78, 5) is 0. The molecule has 3 rings (SSSR count). The summed E-state index contributed by atoms with van der Waals surface area (Å²) in [7, 11) is 0. The van der Waals surface area contributed by atoms with Crippen molar-refractivity contribution in [2.75, 3.05) is 13.2 Å². The molecule has 0 aromatic heterocycles. The number of ether oxygens (including phenoxy) is 1. The molecule has 0 spiro atoms. The smallest absolute Gasteiger partial charge is 0.122 e. The SMILES string of the molecule is CC(Cc1ccccc1)NCCOc1ccccc1Cc1ccccc1. The maximum absolute atomic E-state index is 6.05. The number of hydrogen-bond acceptors (Lipinski definition) is 2. The molecule has 0 amide bonds. The van der Waals surface area contributed by atoms with Gasteiger partial charge in [0.05, 0.1) is 0 Å². The Morgan fingerprint density at radius 2 is 1.38 bits per heavy atom. The van der Waals surface area contributed by atoms with E-state index in [4.69, 9.17) is 4.74 Å². The molecular weight excluding hydrogens is 318 g/mol. The van der Waals surface area contributed by atoms with Crippen molar-refractivity contribution >= 4 is 0 Å². The summed E-state index contributed by atoms with van der Waals surface area (Å²) < 4.78 is 6.05. The fourth-order valence-corrected chi connectivity index (χ4v) is 3.11. The van der Waals surface area contributed by atoms with Gasteiger partial charge in [-0.1, -0.05) is 78.9 Å². The molecule has 0 aliphatic carbocycles. The highest BCUT2D eigenvalue weighted by atomic mass is 16.5. The summed E-state index contributed by atoms with van der Waals surface area (Å²) in [6.07, 6.45) is 1.93. The number of hydrogen-bond donors (Lipinski definition) is 1. The molecule has 0 fully saturated rings. The lowest BCUT2D eigenvalue weighted by atomic mass is 10.0. The van der Waals surface area contributed by atoms with E-state index in [0.29, 0.717) is 12.6 Å². The minimum Gasteiger partial charge on any atom is -0.492 e. The zero-order valence-electron chi connectivity index (χ0n) is 15.4. The van der Waals surface area contributed by atoms with Crippen molar-refractivity contribution in [1.82, 2.24) is 5.32 Å². The summed E-state index contributed by atoms with van der Waals surface area (Å²) in [5.74, 6) is 0.980. The summed E-state index contributed by atoms with van der Waals surface area (Å²) in [5.41, 5.74) is 3.90. The van der Waals surface area contributed by atoms with Gasteiger partial charge >= 0.3 is 0 Å². The third-order valence-corrected chi connectivity index (χ3v) is 4.45. The Labute approximate surface area is 156 Å². The van der Waals surface area contributed by atoms with Gasteiger partial charge in [-0.05, 0) is 36.1 Å². The minimum absolute atomic E-state index is 0.431. The molecule has 1 N–H and O–H groups in total. The van der Waals surface area contributed by atoms with Gasteiger partial charge in [0, 0.05) is 19.0 Å². The summed E-state index contributed by atoms with van der Waals surface area (Å²) in [6, 6.07) is 29.9. The van der Waals surface area contributed by atoms with E-state index in [-0.39, 0.29) is 0 Å². The Kier molecular flexibility index (Phi) is 6.86. The molecule has 3 aromatic rings. The quantitative estimate of drug-likeness (QED) is 0.558. The van der Waals surface area contributed by atoms with Crippen molar-refractivity contribution in [3.8, 4) is 5.75 Å². The predicted octanol–water partition coefficient (Wildman–Crippen LogP) is 4.88. The van der Waals surface area contributed by atoms with Crippen LogP contribution in [0.2, 0.25) is 0 Å². The van der Waals surface area contributed by atoms with E-state index < -0.39 is 0 Å². The molecule has 0 heterocycles. The van der Waals surface area contributed by atoms with E-state index in [9.17, 15) is 0 Å². The molecule has 1 atom stereocenters. The Morgan fingerprint density at radius 3 is 2.12 bits per heavy atom. The lowest BCUT2D eigenvalue weighted by Gasteiger charge is -2.15. The van der Waals surface area contributed by atoms with Gasteiger partial charge in [-0.2, -0.15) is 0 Å². The van der Waals surface area contributed by atoms with Crippen LogP contribution in [0.1, 0.15) is 23.6 Å². The van der Waals surface area contributed by atoms with Crippen molar-refractivity contribution < 1.29 is 4.74 Å². The molecule has 0 bridgehead atoms. The molecule has 3 aromatic carbocycles. The number of rotatable bonds is 9. The van der Waals surface area contributed by atoms with Gasteiger partial charge in [0.25, 0.3) is 0 Å². The van der Waals surface area contributed by atoms with Crippen LogP contribution in [0.25, 0.3) is 0 Å². The minimum atomic E-state index is 0.431. The second-order valence-electron chi connectivity index (χ2n) is 6.66. The molecular formula is C24H27NO. The molecule has 2 nitrogen and oxygen atoms in total. The van der Waals surface area contributed by atoms with E-state index >= 15 is 0 Å². The van der Waals surface area contributed by atoms with Crippen molar-refractivity contribution in [3.63, 3.8) is 0 Å². The first-order valence-corrected chi connectivity index (χ1v) is 9.33. The number of nitrogens with one attached hydrogen (secondary N) is 1. The van der Waals surface area contributed by atoms with E-state index in [1.165, 1.54) is 16.7 Å². The van der Waals surface area contributed by atoms with Crippen LogP contribution in [0.3, 0.4) is 0 Å². The zero-order valence-corrected chi connectivity index (χ0v) is 15.4. The maximum atomic E-state index is 6.05. The van der Waals surface area contributed by atoms with Crippen molar-refractivity contribution in [1.29, 1.82) is 0 Å². The van der Waals surface area contributed by atoms with Gasteiger partial charge in [0.1, 0.15) is 12.4 Å². The fraction of sp³-hybridized carbons (Fsp3) is 0.250.